The number of nitrogen functional groups attached to an aromatic ring is 1. The van der Waals surface area contributed by atoms with Gasteiger partial charge in [0.05, 0.1) is 17.5 Å². The van der Waals surface area contributed by atoms with E-state index in [-0.39, 0.29) is 12.0 Å². The summed E-state index contributed by atoms with van der Waals surface area (Å²) in [6.45, 7) is 5.37. The molecule has 1 aliphatic heterocycles. The van der Waals surface area contributed by atoms with Crippen LogP contribution in [0.25, 0.3) is 0 Å². The summed E-state index contributed by atoms with van der Waals surface area (Å²) in [5.41, 5.74) is 7.39. The number of carbonyl (C=O) groups is 1. The van der Waals surface area contributed by atoms with Crippen LogP contribution in [0.15, 0.2) is 0 Å². The molecule has 1 aromatic rings. The van der Waals surface area contributed by atoms with Crippen molar-refractivity contribution in [3.05, 3.63) is 11.4 Å². The number of carbonyl (C=O) groups excluding carboxylic acids is 1. The lowest BCUT2D eigenvalue weighted by atomic mass is 10.0. The Morgan fingerprint density at radius 2 is 2.44 bits per heavy atom. The molecule has 2 atom stereocenters. The minimum atomic E-state index is -0.220. The Morgan fingerprint density at radius 1 is 1.67 bits per heavy atom. The van der Waals surface area contributed by atoms with Gasteiger partial charge in [-0.1, -0.05) is 6.92 Å². The van der Waals surface area contributed by atoms with E-state index >= 15 is 0 Å². The molecule has 2 rings (SSSR count). The molecule has 1 aromatic heterocycles. The van der Waals surface area contributed by atoms with E-state index in [1.165, 1.54) is 0 Å². The van der Waals surface area contributed by atoms with Crippen LogP contribution in [0.5, 0.6) is 0 Å². The number of nitrogens with two attached hydrogens (primary N) is 1. The molecule has 0 spiro atoms. The van der Waals surface area contributed by atoms with E-state index in [1.807, 2.05) is 13.8 Å². The molecule has 0 aromatic carbocycles. The average Bonchev–Trinajstić information content (AvgIpc) is 2.92. The zero-order chi connectivity index (χ0) is 13.1. The number of amides is 1. The van der Waals surface area contributed by atoms with Crippen molar-refractivity contribution in [3.8, 4) is 0 Å². The van der Waals surface area contributed by atoms with Gasteiger partial charge in [-0.2, -0.15) is 5.10 Å². The van der Waals surface area contributed by atoms with Crippen LogP contribution in [0.1, 0.15) is 36.5 Å². The number of rotatable bonds is 4. The summed E-state index contributed by atoms with van der Waals surface area (Å²) >= 11 is 0. The number of nitrogens with zero attached hydrogens (tertiary/aromatic N) is 1. The fourth-order valence-corrected chi connectivity index (χ4v) is 2.18. The molecule has 6 nitrogen and oxygen atoms in total. The molecule has 0 saturated carbocycles. The zero-order valence-corrected chi connectivity index (χ0v) is 10.8. The van der Waals surface area contributed by atoms with Gasteiger partial charge in [-0.05, 0) is 19.8 Å². The average molecular weight is 252 g/mol. The minimum Gasteiger partial charge on any atom is -0.395 e. The quantitative estimate of drug-likeness (QED) is 0.735. The zero-order valence-electron chi connectivity index (χ0n) is 10.8. The van der Waals surface area contributed by atoms with Crippen LogP contribution in [0.3, 0.4) is 0 Å². The molecule has 0 bridgehead atoms. The topological polar surface area (TPSA) is 93.0 Å². The van der Waals surface area contributed by atoms with Crippen molar-refractivity contribution >= 4 is 11.6 Å². The number of hydrogen-bond acceptors (Lipinski definition) is 4. The number of ether oxygens (including phenoxy) is 1. The summed E-state index contributed by atoms with van der Waals surface area (Å²) < 4.78 is 5.45. The molecule has 2 heterocycles. The van der Waals surface area contributed by atoms with Gasteiger partial charge in [0.2, 0.25) is 0 Å². The van der Waals surface area contributed by atoms with Crippen LogP contribution in [0.2, 0.25) is 0 Å². The molecular formula is C12H20N4O2. The fourth-order valence-electron chi connectivity index (χ4n) is 2.18. The van der Waals surface area contributed by atoms with Gasteiger partial charge in [-0.15, -0.1) is 0 Å². The molecule has 2 unspecified atom stereocenters. The van der Waals surface area contributed by atoms with E-state index < -0.39 is 0 Å². The normalized spacial score (nSPS) is 23.2. The van der Waals surface area contributed by atoms with Crippen LogP contribution in [0.4, 0.5) is 5.69 Å². The van der Waals surface area contributed by atoms with Crippen molar-refractivity contribution in [3.63, 3.8) is 0 Å². The third kappa shape index (κ3) is 2.48. The monoisotopic (exact) mass is 252 g/mol. The molecule has 1 saturated heterocycles. The lowest BCUT2D eigenvalue weighted by Crippen LogP contribution is -2.32. The standard InChI is InChI=1S/C12H20N4O2/c1-3-9-10(13)11(16-15-9)12(17)14-6-8-4-5-18-7(8)2/h7-8H,3-6,13H2,1-2H3,(H,14,17)(H,15,16). The Kier molecular flexibility index (Phi) is 3.86. The Balaban J connectivity index is 1.93. The van der Waals surface area contributed by atoms with Crippen LogP contribution in [-0.2, 0) is 11.2 Å². The van der Waals surface area contributed by atoms with Crippen molar-refractivity contribution in [1.29, 1.82) is 0 Å². The highest BCUT2D eigenvalue weighted by Crippen LogP contribution is 2.20. The van der Waals surface area contributed by atoms with Crippen LogP contribution >= 0.6 is 0 Å². The van der Waals surface area contributed by atoms with Crippen molar-refractivity contribution in [2.75, 3.05) is 18.9 Å². The summed E-state index contributed by atoms with van der Waals surface area (Å²) in [4.78, 5) is 11.9. The van der Waals surface area contributed by atoms with Gasteiger partial charge >= 0.3 is 0 Å². The molecule has 6 heteroatoms. The van der Waals surface area contributed by atoms with Gasteiger partial charge in [0.15, 0.2) is 5.69 Å². The summed E-state index contributed by atoms with van der Waals surface area (Å²) in [6, 6.07) is 0. The number of nitrogens with one attached hydrogen (secondary N) is 2. The van der Waals surface area contributed by atoms with Crippen molar-refractivity contribution in [2.24, 2.45) is 5.92 Å². The summed E-state index contributed by atoms with van der Waals surface area (Å²) in [5, 5.41) is 9.61. The number of hydrogen-bond donors (Lipinski definition) is 3. The summed E-state index contributed by atoms with van der Waals surface area (Å²) in [7, 11) is 0. The van der Waals surface area contributed by atoms with Gasteiger partial charge in [0.25, 0.3) is 5.91 Å². The third-order valence-electron chi connectivity index (χ3n) is 3.51. The number of anilines is 1. The Labute approximate surface area is 106 Å². The van der Waals surface area contributed by atoms with E-state index in [1.54, 1.807) is 0 Å². The van der Waals surface area contributed by atoms with Crippen LogP contribution in [0, 0.1) is 5.92 Å². The number of aromatic nitrogens is 2. The molecule has 1 amide bonds. The third-order valence-corrected chi connectivity index (χ3v) is 3.51. The smallest absolute Gasteiger partial charge is 0.273 e. The van der Waals surface area contributed by atoms with Gasteiger partial charge < -0.3 is 15.8 Å². The SMILES string of the molecule is CCc1[nH]nc(C(=O)NCC2CCOC2C)c1N. The molecule has 18 heavy (non-hydrogen) atoms. The highest BCUT2D eigenvalue weighted by molar-refractivity contribution is 5.97. The first-order chi connectivity index (χ1) is 8.63. The lowest BCUT2D eigenvalue weighted by molar-refractivity contribution is 0.0904. The predicted octanol–water partition coefficient (Wildman–Crippen LogP) is 0.709. The predicted molar refractivity (Wildman–Crippen MR) is 68.2 cm³/mol. The maximum absolute atomic E-state index is 11.9. The van der Waals surface area contributed by atoms with Gasteiger partial charge in [0, 0.05) is 19.1 Å². The number of aryl methyl sites for hydroxylation is 1. The second-order valence-corrected chi connectivity index (χ2v) is 4.65. The highest BCUT2D eigenvalue weighted by Gasteiger charge is 2.25. The molecule has 4 N–H and O–H groups in total. The van der Waals surface area contributed by atoms with Crippen molar-refractivity contribution < 1.29 is 9.53 Å². The van der Waals surface area contributed by atoms with E-state index in [9.17, 15) is 4.79 Å². The maximum atomic E-state index is 11.9. The molecule has 1 aliphatic rings. The second-order valence-electron chi connectivity index (χ2n) is 4.65. The lowest BCUT2D eigenvalue weighted by Gasteiger charge is -2.14. The Bertz CT molecular complexity index is 430. The molecule has 0 radical (unpaired) electrons. The Morgan fingerprint density at radius 3 is 3.00 bits per heavy atom. The first kappa shape index (κ1) is 12.9. The summed E-state index contributed by atoms with van der Waals surface area (Å²) in [6.07, 6.45) is 1.92. The number of aromatic amines is 1. The van der Waals surface area contributed by atoms with Gasteiger partial charge in [-0.3, -0.25) is 9.89 Å². The molecule has 1 fully saturated rings. The largest absolute Gasteiger partial charge is 0.395 e. The van der Waals surface area contributed by atoms with E-state index in [2.05, 4.69) is 15.5 Å². The van der Waals surface area contributed by atoms with E-state index in [4.69, 9.17) is 10.5 Å². The first-order valence-electron chi connectivity index (χ1n) is 6.36. The van der Waals surface area contributed by atoms with Crippen LogP contribution in [-0.4, -0.2) is 35.4 Å². The maximum Gasteiger partial charge on any atom is 0.273 e. The molecule has 0 aliphatic carbocycles. The van der Waals surface area contributed by atoms with Crippen LogP contribution < -0.4 is 11.1 Å². The Hall–Kier alpha value is -1.56. The first-order valence-corrected chi connectivity index (χ1v) is 6.36. The molecule has 100 valence electrons. The van der Waals surface area contributed by atoms with Crippen molar-refractivity contribution in [2.45, 2.75) is 32.8 Å². The molecular weight excluding hydrogens is 232 g/mol. The highest BCUT2D eigenvalue weighted by atomic mass is 16.5. The number of H-pyrrole nitrogens is 1. The fraction of sp³-hybridized carbons (Fsp3) is 0.667. The van der Waals surface area contributed by atoms with E-state index in [0.717, 1.165) is 25.1 Å². The van der Waals surface area contributed by atoms with Gasteiger partial charge in [-0.25, -0.2) is 0 Å². The van der Waals surface area contributed by atoms with E-state index in [0.29, 0.717) is 23.8 Å². The van der Waals surface area contributed by atoms with Crippen molar-refractivity contribution in [1.82, 2.24) is 15.5 Å². The summed E-state index contributed by atoms with van der Waals surface area (Å²) in [5.74, 6) is 0.155. The van der Waals surface area contributed by atoms with Gasteiger partial charge in [0.1, 0.15) is 0 Å². The second kappa shape index (κ2) is 5.39. The minimum absolute atomic E-state index is 0.202.